The highest BCUT2D eigenvalue weighted by Gasteiger charge is 2.15. The Morgan fingerprint density at radius 3 is 2.50 bits per heavy atom. The van der Waals surface area contributed by atoms with E-state index in [1.54, 1.807) is 30.5 Å². The molecule has 3 rings (SSSR count). The number of aromatic nitrogens is 2. The van der Waals surface area contributed by atoms with E-state index in [9.17, 15) is 9.59 Å². The van der Waals surface area contributed by atoms with E-state index < -0.39 is 11.7 Å². The highest BCUT2D eigenvalue weighted by Crippen LogP contribution is 2.16. The van der Waals surface area contributed by atoms with Crippen LogP contribution in [-0.2, 0) is 11.3 Å². The number of H-pyrrole nitrogens is 1. The van der Waals surface area contributed by atoms with Crippen molar-refractivity contribution in [2.45, 2.75) is 32.9 Å². The predicted octanol–water partition coefficient (Wildman–Crippen LogP) is 4.81. The molecule has 0 fully saturated rings. The van der Waals surface area contributed by atoms with Crippen molar-refractivity contribution in [2.24, 2.45) is 0 Å². The second-order valence-corrected chi connectivity index (χ2v) is 8.08. The van der Waals surface area contributed by atoms with Gasteiger partial charge in [0.2, 0.25) is 0 Å². The van der Waals surface area contributed by atoms with Gasteiger partial charge in [0.1, 0.15) is 5.60 Å². The molecule has 0 atom stereocenters. The zero-order valence-corrected chi connectivity index (χ0v) is 17.9. The summed E-state index contributed by atoms with van der Waals surface area (Å²) >= 11 is 5.24. The number of ether oxygens (including phenoxy) is 1. The maximum absolute atomic E-state index is 12.6. The molecule has 0 saturated carbocycles. The number of benzene rings is 2. The van der Waals surface area contributed by atoms with Crippen LogP contribution in [0, 0.1) is 4.77 Å². The van der Waals surface area contributed by atoms with Crippen LogP contribution in [0.4, 0.5) is 10.5 Å². The Bertz CT molecular complexity index is 1090. The third kappa shape index (κ3) is 5.81. The molecule has 3 N–H and O–H groups in total. The Hall–Kier alpha value is -3.39. The van der Waals surface area contributed by atoms with Crippen molar-refractivity contribution in [1.29, 1.82) is 0 Å². The number of nitrogens with one attached hydrogen (secondary N) is 3. The van der Waals surface area contributed by atoms with Crippen LogP contribution >= 0.6 is 12.2 Å². The van der Waals surface area contributed by atoms with Gasteiger partial charge in [-0.1, -0.05) is 18.2 Å². The Morgan fingerprint density at radius 2 is 1.87 bits per heavy atom. The lowest BCUT2D eigenvalue weighted by molar-refractivity contribution is 0.0523. The lowest BCUT2D eigenvalue weighted by Gasteiger charge is -2.19. The van der Waals surface area contributed by atoms with Gasteiger partial charge in [0.15, 0.2) is 4.77 Å². The van der Waals surface area contributed by atoms with Crippen LogP contribution in [0.25, 0.3) is 5.69 Å². The Labute approximate surface area is 180 Å². The third-order valence-electron chi connectivity index (χ3n) is 4.08. The van der Waals surface area contributed by atoms with Crippen LogP contribution in [0.2, 0.25) is 0 Å². The van der Waals surface area contributed by atoms with E-state index in [1.165, 1.54) is 0 Å². The molecule has 2 aromatic carbocycles. The van der Waals surface area contributed by atoms with E-state index in [0.717, 1.165) is 11.3 Å². The number of anilines is 1. The second-order valence-electron chi connectivity index (χ2n) is 7.69. The lowest BCUT2D eigenvalue weighted by atomic mass is 10.1. The first-order valence-corrected chi connectivity index (χ1v) is 9.86. The first-order valence-electron chi connectivity index (χ1n) is 9.45. The molecule has 0 radical (unpaired) electrons. The van der Waals surface area contributed by atoms with Crippen molar-refractivity contribution in [1.82, 2.24) is 14.9 Å². The lowest BCUT2D eigenvalue weighted by Crippen LogP contribution is -2.32. The number of carbonyl (C=O) groups excluding carboxylic acids is 2. The minimum atomic E-state index is -0.546. The summed E-state index contributed by atoms with van der Waals surface area (Å²) in [6, 6.07) is 14.4. The van der Waals surface area contributed by atoms with Crippen LogP contribution in [0.5, 0.6) is 0 Å². The summed E-state index contributed by atoms with van der Waals surface area (Å²) in [5.74, 6) is -0.225. The molecule has 2 amide bonds. The summed E-state index contributed by atoms with van der Waals surface area (Å²) < 4.78 is 7.60. The number of carbonyl (C=O) groups is 2. The Morgan fingerprint density at radius 1 is 1.13 bits per heavy atom. The first-order chi connectivity index (χ1) is 14.2. The zero-order chi connectivity index (χ0) is 21.7. The van der Waals surface area contributed by atoms with Gasteiger partial charge in [-0.2, -0.15) is 0 Å². The van der Waals surface area contributed by atoms with Crippen molar-refractivity contribution < 1.29 is 14.3 Å². The summed E-state index contributed by atoms with van der Waals surface area (Å²) in [7, 11) is 0. The maximum atomic E-state index is 12.6. The number of amides is 2. The molecule has 0 aliphatic carbocycles. The quantitative estimate of drug-likeness (QED) is 0.513. The van der Waals surface area contributed by atoms with Crippen molar-refractivity contribution in [3.05, 3.63) is 76.8 Å². The van der Waals surface area contributed by atoms with E-state index >= 15 is 0 Å². The molecule has 0 spiro atoms. The molecule has 1 heterocycles. The van der Waals surface area contributed by atoms with Crippen LogP contribution in [0.3, 0.4) is 0 Å². The molecule has 7 nitrogen and oxygen atoms in total. The highest BCUT2D eigenvalue weighted by molar-refractivity contribution is 7.71. The standard InChI is InChI=1S/C22H24N4O3S/c1-22(2,3)29-21(28)24-14-15-7-9-16(10-8-15)19(27)25-17-5-4-6-18(13-17)26-12-11-23-20(26)30/h4-13H,14H2,1-3H3,(H,23,30)(H,24,28)(H,25,27). The monoisotopic (exact) mass is 424 g/mol. The van der Waals surface area contributed by atoms with Gasteiger partial charge in [-0.15, -0.1) is 0 Å². The van der Waals surface area contributed by atoms with Gasteiger partial charge in [0.05, 0.1) is 0 Å². The van der Waals surface area contributed by atoms with Gasteiger partial charge in [-0.05, 0) is 68.9 Å². The van der Waals surface area contributed by atoms with Gasteiger partial charge < -0.3 is 20.4 Å². The fourth-order valence-corrected chi connectivity index (χ4v) is 2.96. The minimum Gasteiger partial charge on any atom is -0.444 e. The number of alkyl carbamates (subject to hydrolysis) is 1. The van der Waals surface area contributed by atoms with Crippen LogP contribution in [-0.4, -0.2) is 27.2 Å². The van der Waals surface area contributed by atoms with Crippen molar-refractivity contribution >= 4 is 29.9 Å². The van der Waals surface area contributed by atoms with Crippen LogP contribution < -0.4 is 10.6 Å². The van der Waals surface area contributed by atoms with Gasteiger partial charge in [0, 0.05) is 35.9 Å². The van der Waals surface area contributed by atoms with Crippen molar-refractivity contribution in [3.8, 4) is 5.69 Å². The molecular formula is C22H24N4O3S. The number of imidazole rings is 1. The van der Waals surface area contributed by atoms with E-state index in [2.05, 4.69) is 15.6 Å². The first kappa shape index (κ1) is 21.3. The second kappa shape index (κ2) is 8.96. The van der Waals surface area contributed by atoms with Gasteiger partial charge in [-0.25, -0.2) is 4.79 Å². The molecule has 8 heteroatoms. The van der Waals surface area contributed by atoms with E-state index in [1.807, 2.05) is 55.8 Å². The average molecular weight is 425 g/mol. The van der Waals surface area contributed by atoms with E-state index in [-0.39, 0.29) is 5.91 Å². The smallest absolute Gasteiger partial charge is 0.407 e. The summed E-state index contributed by atoms with van der Waals surface area (Å²) in [6.45, 7) is 5.74. The summed E-state index contributed by atoms with van der Waals surface area (Å²) in [5.41, 5.74) is 2.34. The molecule has 3 aromatic rings. The normalized spacial score (nSPS) is 11.0. The van der Waals surface area contributed by atoms with E-state index in [0.29, 0.717) is 22.6 Å². The van der Waals surface area contributed by atoms with Crippen LogP contribution in [0.15, 0.2) is 60.9 Å². The topological polar surface area (TPSA) is 88.1 Å². The predicted molar refractivity (Wildman–Crippen MR) is 118 cm³/mol. The van der Waals surface area contributed by atoms with Crippen molar-refractivity contribution in [2.75, 3.05) is 5.32 Å². The molecule has 0 saturated heterocycles. The third-order valence-corrected chi connectivity index (χ3v) is 4.40. The molecule has 1 aromatic heterocycles. The fraction of sp³-hybridized carbons (Fsp3) is 0.227. The molecule has 156 valence electrons. The molecular weight excluding hydrogens is 400 g/mol. The van der Waals surface area contributed by atoms with Gasteiger partial charge in [0.25, 0.3) is 5.91 Å². The highest BCUT2D eigenvalue weighted by atomic mass is 32.1. The Kier molecular flexibility index (Phi) is 6.37. The molecule has 0 bridgehead atoms. The number of rotatable bonds is 5. The molecule has 0 unspecified atom stereocenters. The number of aromatic amines is 1. The molecule has 0 aliphatic heterocycles. The molecule has 30 heavy (non-hydrogen) atoms. The Balaban J connectivity index is 1.61. The van der Waals surface area contributed by atoms with Gasteiger partial charge >= 0.3 is 6.09 Å². The SMILES string of the molecule is CC(C)(C)OC(=O)NCc1ccc(C(=O)Nc2cccc(-n3cc[nH]c3=S)c2)cc1. The summed E-state index contributed by atoms with van der Waals surface area (Å²) in [6.07, 6.45) is 3.10. The van der Waals surface area contributed by atoms with Gasteiger partial charge in [-0.3, -0.25) is 9.36 Å². The molecule has 0 aliphatic rings. The largest absolute Gasteiger partial charge is 0.444 e. The summed E-state index contributed by atoms with van der Waals surface area (Å²) in [4.78, 5) is 27.3. The van der Waals surface area contributed by atoms with Crippen molar-refractivity contribution in [3.63, 3.8) is 0 Å². The van der Waals surface area contributed by atoms with E-state index in [4.69, 9.17) is 17.0 Å². The number of hydrogen-bond acceptors (Lipinski definition) is 4. The van der Waals surface area contributed by atoms with Crippen LogP contribution in [0.1, 0.15) is 36.7 Å². The number of nitrogens with zero attached hydrogens (tertiary/aromatic N) is 1. The zero-order valence-electron chi connectivity index (χ0n) is 17.1. The minimum absolute atomic E-state index is 0.225. The maximum Gasteiger partial charge on any atom is 0.407 e. The average Bonchev–Trinajstić information content (AvgIpc) is 3.11. The summed E-state index contributed by atoms with van der Waals surface area (Å²) in [5, 5.41) is 5.58. The fourth-order valence-electron chi connectivity index (χ4n) is 2.72. The number of hydrogen-bond donors (Lipinski definition) is 3.